The summed E-state index contributed by atoms with van der Waals surface area (Å²) in [6, 6.07) is 7.42. The summed E-state index contributed by atoms with van der Waals surface area (Å²) in [4.78, 5) is 15.8. The molecule has 0 aliphatic carbocycles. The maximum Gasteiger partial charge on any atom is 0.275 e. The largest absolute Gasteiger partial charge is 0.340 e. The molecule has 4 nitrogen and oxygen atoms in total. The minimum atomic E-state index is -0.225. The molecule has 1 N–H and O–H groups in total. The Kier molecular flexibility index (Phi) is 3.44. The number of halogens is 1. The van der Waals surface area contributed by atoms with Crippen LogP contribution in [0.2, 0.25) is 0 Å². The van der Waals surface area contributed by atoms with Gasteiger partial charge in [-0.05, 0) is 17.7 Å². The van der Waals surface area contributed by atoms with E-state index in [1.165, 1.54) is 0 Å². The number of rotatable bonds is 3. The van der Waals surface area contributed by atoms with E-state index in [2.05, 4.69) is 10.3 Å². The summed E-state index contributed by atoms with van der Waals surface area (Å²) >= 11 is 5.73. The van der Waals surface area contributed by atoms with E-state index in [0.29, 0.717) is 11.6 Å². The van der Waals surface area contributed by atoms with E-state index in [1.54, 1.807) is 17.1 Å². The highest BCUT2D eigenvalue weighted by Gasteiger charge is 2.08. The number of nitrogens with one attached hydrogen (secondary N) is 1. The van der Waals surface area contributed by atoms with Crippen molar-refractivity contribution < 1.29 is 4.79 Å². The Labute approximate surface area is 104 Å². The van der Waals surface area contributed by atoms with Crippen LogP contribution in [0.15, 0.2) is 36.8 Å². The van der Waals surface area contributed by atoms with Gasteiger partial charge in [-0.3, -0.25) is 4.79 Å². The van der Waals surface area contributed by atoms with E-state index in [4.69, 9.17) is 11.6 Å². The summed E-state index contributed by atoms with van der Waals surface area (Å²) in [6.07, 6.45) is 3.25. The fourth-order valence-electron chi connectivity index (χ4n) is 1.46. The molecule has 0 spiro atoms. The zero-order chi connectivity index (χ0) is 12.3. The molecule has 0 aliphatic heterocycles. The summed E-state index contributed by atoms with van der Waals surface area (Å²) in [7, 11) is 1.82. The van der Waals surface area contributed by atoms with E-state index < -0.39 is 0 Å². The average molecular weight is 250 g/mol. The van der Waals surface area contributed by atoms with Crippen molar-refractivity contribution in [1.29, 1.82) is 0 Å². The molecule has 0 fully saturated rings. The van der Waals surface area contributed by atoms with E-state index in [-0.39, 0.29) is 5.91 Å². The number of imidazole rings is 1. The van der Waals surface area contributed by atoms with Crippen LogP contribution >= 0.6 is 11.6 Å². The minimum absolute atomic E-state index is 0.225. The lowest BCUT2D eigenvalue weighted by atomic mass is 10.2. The second-order valence-corrected chi connectivity index (χ2v) is 3.98. The maximum absolute atomic E-state index is 11.8. The number of aryl methyl sites for hydroxylation is 1. The summed E-state index contributed by atoms with van der Waals surface area (Å²) in [5.41, 5.74) is 2.08. The molecule has 88 valence electrons. The Balaban J connectivity index is 2.12. The first-order valence-electron chi connectivity index (χ1n) is 5.13. The van der Waals surface area contributed by atoms with Gasteiger partial charge in [-0.1, -0.05) is 12.1 Å². The van der Waals surface area contributed by atoms with Crippen LogP contribution in [0.3, 0.4) is 0 Å². The molecular formula is C12H12ClN3O. The Morgan fingerprint density at radius 1 is 1.53 bits per heavy atom. The fraction of sp³-hybridized carbons (Fsp3) is 0.167. The first kappa shape index (κ1) is 11.7. The zero-order valence-corrected chi connectivity index (χ0v) is 10.1. The molecule has 1 aromatic heterocycles. The molecule has 0 radical (unpaired) electrons. The number of alkyl halides is 1. The zero-order valence-electron chi connectivity index (χ0n) is 9.35. The van der Waals surface area contributed by atoms with Crippen LogP contribution in [0, 0.1) is 0 Å². The van der Waals surface area contributed by atoms with Gasteiger partial charge >= 0.3 is 0 Å². The van der Waals surface area contributed by atoms with Gasteiger partial charge in [0.25, 0.3) is 5.91 Å². The Bertz CT molecular complexity index is 536. The topological polar surface area (TPSA) is 46.9 Å². The number of benzene rings is 1. The van der Waals surface area contributed by atoms with Gasteiger partial charge in [0.2, 0.25) is 0 Å². The van der Waals surface area contributed by atoms with E-state index in [9.17, 15) is 4.79 Å². The number of aromatic nitrogens is 2. The standard InChI is InChI=1S/C12H12ClN3O/c1-16-7-11(14-8-16)12(17)15-10-4-2-3-9(5-10)6-13/h2-5,7-8H,6H2,1H3,(H,15,17). The third-order valence-electron chi connectivity index (χ3n) is 2.28. The van der Waals surface area contributed by atoms with Crippen molar-refractivity contribution in [3.05, 3.63) is 48.0 Å². The van der Waals surface area contributed by atoms with Gasteiger partial charge in [0.05, 0.1) is 6.33 Å². The minimum Gasteiger partial charge on any atom is -0.340 e. The molecule has 5 heteroatoms. The molecule has 17 heavy (non-hydrogen) atoms. The lowest BCUT2D eigenvalue weighted by molar-refractivity contribution is 0.102. The molecule has 0 unspecified atom stereocenters. The van der Waals surface area contributed by atoms with Gasteiger partial charge < -0.3 is 9.88 Å². The van der Waals surface area contributed by atoms with E-state index in [1.807, 2.05) is 31.3 Å². The normalized spacial score (nSPS) is 10.2. The van der Waals surface area contributed by atoms with Crippen LogP contribution in [-0.2, 0) is 12.9 Å². The van der Waals surface area contributed by atoms with Crippen molar-refractivity contribution in [2.75, 3.05) is 5.32 Å². The summed E-state index contributed by atoms with van der Waals surface area (Å²) in [6.45, 7) is 0. The highest BCUT2D eigenvalue weighted by atomic mass is 35.5. The third kappa shape index (κ3) is 2.85. The van der Waals surface area contributed by atoms with Gasteiger partial charge in [-0.25, -0.2) is 4.98 Å². The van der Waals surface area contributed by atoms with Crippen LogP contribution in [0.5, 0.6) is 0 Å². The van der Waals surface area contributed by atoms with Gasteiger partial charge in [-0.15, -0.1) is 11.6 Å². The van der Waals surface area contributed by atoms with Gasteiger partial charge in [0, 0.05) is 24.8 Å². The third-order valence-corrected chi connectivity index (χ3v) is 2.59. The predicted molar refractivity (Wildman–Crippen MR) is 67.2 cm³/mol. The van der Waals surface area contributed by atoms with Crippen LogP contribution in [0.1, 0.15) is 16.1 Å². The van der Waals surface area contributed by atoms with Crippen LogP contribution in [-0.4, -0.2) is 15.5 Å². The fourth-order valence-corrected chi connectivity index (χ4v) is 1.62. The van der Waals surface area contributed by atoms with Crippen molar-refractivity contribution >= 4 is 23.2 Å². The molecular weight excluding hydrogens is 238 g/mol. The maximum atomic E-state index is 11.8. The smallest absolute Gasteiger partial charge is 0.275 e. The molecule has 0 saturated heterocycles. The molecule has 2 aromatic rings. The molecule has 2 rings (SSSR count). The first-order chi connectivity index (χ1) is 8.19. The number of amides is 1. The second kappa shape index (κ2) is 5.01. The number of nitrogens with zero attached hydrogens (tertiary/aromatic N) is 2. The number of anilines is 1. The Morgan fingerprint density at radius 2 is 2.35 bits per heavy atom. The quantitative estimate of drug-likeness (QED) is 0.850. The highest BCUT2D eigenvalue weighted by Crippen LogP contribution is 2.13. The average Bonchev–Trinajstić information content (AvgIpc) is 2.76. The van der Waals surface area contributed by atoms with Crippen molar-refractivity contribution in [3.8, 4) is 0 Å². The summed E-state index contributed by atoms with van der Waals surface area (Å²) < 4.78 is 1.73. The van der Waals surface area contributed by atoms with Crippen molar-refractivity contribution in [3.63, 3.8) is 0 Å². The number of carbonyl (C=O) groups excluding carboxylic acids is 1. The van der Waals surface area contributed by atoms with Crippen molar-refractivity contribution in [2.24, 2.45) is 7.05 Å². The molecule has 1 amide bonds. The molecule has 1 aromatic carbocycles. The first-order valence-corrected chi connectivity index (χ1v) is 5.66. The number of hydrogen-bond acceptors (Lipinski definition) is 2. The summed E-state index contributed by atoms with van der Waals surface area (Å²) in [5.74, 6) is 0.199. The molecule has 0 bridgehead atoms. The summed E-state index contributed by atoms with van der Waals surface area (Å²) in [5, 5.41) is 2.77. The lowest BCUT2D eigenvalue weighted by Gasteiger charge is -2.04. The number of carbonyl (C=O) groups is 1. The second-order valence-electron chi connectivity index (χ2n) is 3.71. The van der Waals surface area contributed by atoms with Crippen LogP contribution < -0.4 is 5.32 Å². The van der Waals surface area contributed by atoms with Gasteiger partial charge in [-0.2, -0.15) is 0 Å². The van der Waals surface area contributed by atoms with Crippen LogP contribution in [0.4, 0.5) is 5.69 Å². The van der Waals surface area contributed by atoms with E-state index in [0.717, 1.165) is 11.3 Å². The molecule has 0 atom stereocenters. The lowest BCUT2D eigenvalue weighted by Crippen LogP contribution is -2.12. The predicted octanol–water partition coefficient (Wildman–Crippen LogP) is 2.41. The van der Waals surface area contributed by atoms with Crippen LogP contribution in [0.25, 0.3) is 0 Å². The molecule has 0 saturated carbocycles. The Hall–Kier alpha value is -1.81. The Morgan fingerprint density at radius 3 is 3.00 bits per heavy atom. The number of hydrogen-bond donors (Lipinski definition) is 1. The van der Waals surface area contributed by atoms with Crippen molar-refractivity contribution in [2.45, 2.75) is 5.88 Å². The van der Waals surface area contributed by atoms with Gasteiger partial charge in [0.15, 0.2) is 0 Å². The van der Waals surface area contributed by atoms with Crippen molar-refractivity contribution in [1.82, 2.24) is 9.55 Å². The molecule has 0 aliphatic rings. The molecule has 1 heterocycles. The van der Waals surface area contributed by atoms with E-state index >= 15 is 0 Å². The highest BCUT2D eigenvalue weighted by molar-refractivity contribution is 6.17. The van der Waals surface area contributed by atoms with Gasteiger partial charge in [0.1, 0.15) is 5.69 Å². The SMILES string of the molecule is Cn1cnc(C(=O)Nc2cccc(CCl)c2)c1. The monoisotopic (exact) mass is 249 g/mol.